The lowest BCUT2D eigenvalue weighted by atomic mass is 10.3. The lowest BCUT2D eigenvalue weighted by Crippen LogP contribution is -2.37. The molecule has 0 atom stereocenters. The third kappa shape index (κ3) is 4.07. The van der Waals surface area contributed by atoms with E-state index in [0.717, 1.165) is 0 Å². The van der Waals surface area contributed by atoms with Crippen LogP contribution in [0.15, 0.2) is 18.3 Å². The van der Waals surface area contributed by atoms with Crippen molar-refractivity contribution in [3.63, 3.8) is 0 Å². The van der Waals surface area contributed by atoms with Crippen LogP contribution in [0.1, 0.15) is 10.4 Å². The van der Waals surface area contributed by atoms with Crippen molar-refractivity contribution in [3.05, 3.63) is 29.0 Å². The van der Waals surface area contributed by atoms with E-state index in [1.807, 2.05) is 0 Å². The van der Waals surface area contributed by atoms with E-state index in [0.29, 0.717) is 0 Å². The molecule has 0 fully saturated rings. The lowest BCUT2D eigenvalue weighted by molar-refractivity contribution is -0.123. The van der Waals surface area contributed by atoms with Gasteiger partial charge in [-0.25, -0.2) is 14.6 Å². The molecule has 3 amide bonds. The molecule has 90 valence electrons. The Morgan fingerprint density at radius 2 is 2.18 bits per heavy atom. The smallest absolute Gasteiger partial charge is 0.341 e. The number of urea groups is 1. The summed E-state index contributed by atoms with van der Waals surface area (Å²) in [7, 11) is 0. The fourth-order valence-electron chi connectivity index (χ4n) is 0.921. The molecule has 1 heterocycles. The number of carbonyl (C=O) groups is 3. The van der Waals surface area contributed by atoms with Gasteiger partial charge < -0.3 is 10.5 Å². The fraction of sp³-hybridized carbons (Fsp3) is 0.111. The van der Waals surface area contributed by atoms with Gasteiger partial charge in [-0.3, -0.25) is 10.1 Å². The topological polar surface area (TPSA) is 111 Å². The average molecular weight is 258 g/mol. The summed E-state index contributed by atoms with van der Waals surface area (Å²) in [6, 6.07) is 1.86. The zero-order chi connectivity index (χ0) is 12.8. The van der Waals surface area contributed by atoms with Crippen molar-refractivity contribution in [1.29, 1.82) is 0 Å². The van der Waals surface area contributed by atoms with E-state index < -0.39 is 24.5 Å². The van der Waals surface area contributed by atoms with E-state index in [9.17, 15) is 14.4 Å². The van der Waals surface area contributed by atoms with Crippen LogP contribution in [0.25, 0.3) is 0 Å². The molecule has 0 saturated heterocycles. The molecule has 0 saturated carbocycles. The van der Waals surface area contributed by atoms with Crippen molar-refractivity contribution in [2.24, 2.45) is 5.73 Å². The maximum Gasteiger partial charge on any atom is 0.341 e. The fourth-order valence-corrected chi connectivity index (χ4v) is 1.12. The summed E-state index contributed by atoms with van der Waals surface area (Å²) >= 11 is 5.63. The van der Waals surface area contributed by atoms with Crippen LogP contribution in [0.3, 0.4) is 0 Å². The van der Waals surface area contributed by atoms with Gasteiger partial charge in [-0.15, -0.1) is 0 Å². The summed E-state index contributed by atoms with van der Waals surface area (Å²) in [5.74, 6) is -1.64. The molecule has 8 heteroatoms. The van der Waals surface area contributed by atoms with Crippen LogP contribution in [0.2, 0.25) is 5.15 Å². The highest BCUT2D eigenvalue weighted by atomic mass is 35.5. The lowest BCUT2D eigenvalue weighted by Gasteiger charge is -2.04. The van der Waals surface area contributed by atoms with Gasteiger partial charge in [0, 0.05) is 6.20 Å². The van der Waals surface area contributed by atoms with Crippen LogP contribution in [-0.2, 0) is 9.53 Å². The van der Waals surface area contributed by atoms with Gasteiger partial charge in [-0.1, -0.05) is 11.6 Å². The second-order valence-corrected chi connectivity index (χ2v) is 3.19. The maximum atomic E-state index is 11.4. The first kappa shape index (κ1) is 12.9. The molecule has 1 aromatic rings. The highest BCUT2D eigenvalue weighted by molar-refractivity contribution is 6.32. The van der Waals surface area contributed by atoms with Crippen molar-refractivity contribution < 1.29 is 19.1 Å². The first-order chi connectivity index (χ1) is 8.00. The Morgan fingerprint density at radius 3 is 2.76 bits per heavy atom. The highest BCUT2D eigenvalue weighted by Gasteiger charge is 2.14. The van der Waals surface area contributed by atoms with Crippen molar-refractivity contribution >= 4 is 29.5 Å². The van der Waals surface area contributed by atoms with Gasteiger partial charge in [-0.05, 0) is 12.1 Å². The van der Waals surface area contributed by atoms with Crippen molar-refractivity contribution in [2.45, 2.75) is 0 Å². The second kappa shape index (κ2) is 5.80. The van der Waals surface area contributed by atoms with Crippen LogP contribution in [0.5, 0.6) is 0 Å². The minimum atomic E-state index is -1.02. The molecule has 0 spiro atoms. The molecule has 0 aliphatic carbocycles. The van der Waals surface area contributed by atoms with Crippen LogP contribution in [0.4, 0.5) is 4.79 Å². The number of esters is 1. The monoisotopic (exact) mass is 257 g/mol. The Bertz CT molecular complexity index is 463. The van der Waals surface area contributed by atoms with Gasteiger partial charge in [-0.2, -0.15) is 0 Å². The van der Waals surface area contributed by atoms with E-state index in [1.54, 1.807) is 5.32 Å². The van der Waals surface area contributed by atoms with Crippen LogP contribution < -0.4 is 11.1 Å². The maximum absolute atomic E-state index is 11.4. The number of aromatic nitrogens is 1. The predicted octanol–water partition coefficient (Wildman–Crippen LogP) is 0.0867. The molecule has 3 N–H and O–H groups in total. The number of pyridine rings is 1. The minimum absolute atomic E-state index is 0.0287. The number of nitrogens with two attached hydrogens (primary N) is 1. The number of halogens is 1. The third-order valence-electron chi connectivity index (χ3n) is 1.58. The Balaban J connectivity index is 2.54. The molecule has 0 radical (unpaired) electrons. The van der Waals surface area contributed by atoms with Gasteiger partial charge in [0.05, 0.1) is 5.56 Å². The molecule has 0 unspecified atom stereocenters. The van der Waals surface area contributed by atoms with E-state index in [4.69, 9.17) is 17.3 Å². The second-order valence-electron chi connectivity index (χ2n) is 2.83. The molecule has 0 aromatic carbocycles. The standard InChI is InChI=1S/C9H8ClN3O4/c10-7-5(2-1-3-12-7)8(15)17-4-6(14)13-9(11)16/h1-3H,4H2,(H3,11,13,14,16). The van der Waals surface area contributed by atoms with Crippen molar-refractivity contribution in [2.75, 3.05) is 6.61 Å². The molecule has 0 aliphatic heterocycles. The molecule has 0 aliphatic rings. The summed E-state index contributed by atoms with van der Waals surface area (Å²) in [5, 5.41) is 1.70. The van der Waals surface area contributed by atoms with Gasteiger partial charge in [0.2, 0.25) is 0 Å². The Labute approximate surface area is 101 Å². The first-order valence-electron chi connectivity index (χ1n) is 4.37. The average Bonchev–Trinajstić information content (AvgIpc) is 2.25. The zero-order valence-corrected chi connectivity index (χ0v) is 9.23. The van der Waals surface area contributed by atoms with E-state index in [1.165, 1.54) is 18.3 Å². The Morgan fingerprint density at radius 1 is 1.47 bits per heavy atom. The molecular formula is C9H8ClN3O4. The number of carbonyl (C=O) groups excluding carboxylic acids is 3. The number of rotatable bonds is 3. The van der Waals surface area contributed by atoms with Crippen molar-refractivity contribution in [1.82, 2.24) is 10.3 Å². The molecule has 1 rings (SSSR count). The summed E-state index contributed by atoms with van der Waals surface area (Å²) in [4.78, 5) is 36.3. The molecule has 0 bridgehead atoms. The number of ether oxygens (including phenoxy) is 1. The van der Waals surface area contributed by atoms with E-state index in [2.05, 4.69) is 9.72 Å². The summed E-state index contributed by atoms with van der Waals surface area (Å²) in [5.41, 5.74) is 4.72. The van der Waals surface area contributed by atoms with Gasteiger partial charge in [0.1, 0.15) is 5.15 Å². The SMILES string of the molecule is NC(=O)NC(=O)COC(=O)c1cccnc1Cl. The number of amides is 3. The molecule has 7 nitrogen and oxygen atoms in total. The minimum Gasteiger partial charge on any atom is -0.452 e. The van der Waals surface area contributed by atoms with Gasteiger partial charge in [0.15, 0.2) is 6.61 Å². The molecular weight excluding hydrogens is 250 g/mol. The number of nitrogens with one attached hydrogen (secondary N) is 1. The normalized spacial score (nSPS) is 9.47. The number of hydrogen-bond donors (Lipinski definition) is 2. The number of primary amides is 1. The van der Waals surface area contributed by atoms with Gasteiger partial charge >= 0.3 is 12.0 Å². The summed E-state index contributed by atoms with van der Waals surface area (Å²) < 4.78 is 4.59. The third-order valence-corrected chi connectivity index (χ3v) is 1.88. The van der Waals surface area contributed by atoms with Crippen molar-refractivity contribution in [3.8, 4) is 0 Å². The summed E-state index contributed by atoms with van der Waals surface area (Å²) in [6.07, 6.45) is 1.40. The number of nitrogens with zero attached hydrogens (tertiary/aromatic N) is 1. The zero-order valence-electron chi connectivity index (χ0n) is 8.47. The van der Waals surface area contributed by atoms with E-state index in [-0.39, 0.29) is 10.7 Å². The van der Waals surface area contributed by atoms with Crippen LogP contribution >= 0.6 is 11.6 Å². The van der Waals surface area contributed by atoms with Gasteiger partial charge in [0.25, 0.3) is 5.91 Å². The van der Waals surface area contributed by atoms with Crippen LogP contribution in [0, 0.1) is 0 Å². The molecule has 17 heavy (non-hydrogen) atoms. The largest absolute Gasteiger partial charge is 0.452 e. The highest BCUT2D eigenvalue weighted by Crippen LogP contribution is 2.12. The number of hydrogen-bond acceptors (Lipinski definition) is 5. The Kier molecular flexibility index (Phi) is 4.41. The summed E-state index contributed by atoms with van der Waals surface area (Å²) in [6.45, 7) is -0.632. The number of imide groups is 1. The first-order valence-corrected chi connectivity index (χ1v) is 4.75. The van der Waals surface area contributed by atoms with E-state index >= 15 is 0 Å². The quantitative estimate of drug-likeness (QED) is 0.589. The predicted molar refractivity (Wildman–Crippen MR) is 57.3 cm³/mol. The van der Waals surface area contributed by atoms with Crippen LogP contribution in [-0.4, -0.2) is 29.5 Å². The Hall–Kier alpha value is -2.15. The molecule has 1 aromatic heterocycles.